The molecule has 1 heterocycles. The van der Waals surface area contributed by atoms with Crippen molar-refractivity contribution in [3.8, 4) is 0 Å². The second-order valence-corrected chi connectivity index (χ2v) is 4.49. The standard InChI is InChI=1S/C12H21N3/c1-3-12-10(9-15(2)14-12)8-13-11-6-4-5-7-11/h9,11,13H,3-8H2,1-2H3. The van der Waals surface area contributed by atoms with E-state index in [0.29, 0.717) is 0 Å². The molecule has 0 saturated heterocycles. The van der Waals surface area contributed by atoms with Crippen LogP contribution in [0.1, 0.15) is 43.9 Å². The maximum absolute atomic E-state index is 4.45. The lowest BCUT2D eigenvalue weighted by atomic mass is 10.2. The second kappa shape index (κ2) is 4.79. The minimum Gasteiger partial charge on any atom is -0.310 e. The molecule has 84 valence electrons. The van der Waals surface area contributed by atoms with Crippen LogP contribution in [0, 0.1) is 0 Å². The van der Waals surface area contributed by atoms with Crippen LogP contribution in [0.5, 0.6) is 0 Å². The Kier molecular flexibility index (Phi) is 3.41. The third kappa shape index (κ3) is 2.59. The van der Waals surface area contributed by atoms with Crippen LogP contribution in [0.4, 0.5) is 0 Å². The van der Waals surface area contributed by atoms with Crippen molar-refractivity contribution in [2.45, 2.75) is 51.6 Å². The van der Waals surface area contributed by atoms with Crippen LogP contribution >= 0.6 is 0 Å². The summed E-state index contributed by atoms with van der Waals surface area (Å²) in [6.45, 7) is 3.16. The smallest absolute Gasteiger partial charge is 0.0666 e. The molecule has 1 aliphatic rings. The summed E-state index contributed by atoms with van der Waals surface area (Å²) >= 11 is 0. The van der Waals surface area contributed by atoms with E-state index in [4.69, 9.17) is 0 Å². The van der Waals surface area contributed by atoms with Crippen LogP contribution in [0.3, 0.4) is 0 Å². The van der Waals surface area contributed by atoms with E-state index in [1.54, 1.807) is 0 Å². The summed E-state index contributed by atoms with van der Waals surface area (Å²) in [4.78, 5) is 0. The van der Waals surface area contributed by atoms with Gasteiger partial charge in [-0.3, -0.25) is 4.68 Å². The minimum atomic E-state index is 0.745. The first-order valence-electron chi connectivity index (χ1n) is 6.04. The van der Waals surface area contributed by atoms with Crippen LogP contribution in [0.2, 0.25) is 0 Å². The molecule has 1 fully saturated rings. The molecular weight excluding hydrogens is 186 g/mol. The Morgan fingerprint density at radius 2 is 2.20 bits per heavy atom. The molecule has 0 atom stereocenters. The fourth-order valence-corrected chi connectivity index (χ4v) is 2.41. The van der Waals surface area contributed by atoms with Crippen molar-refractivity contribution in [1.82, 2.24) is 15.1 Å². The average molecular weight is 207 g/mol. The van der Waals surface area contributed by atoms with Crippen molar-refractivity contribution >= 4 is 0 Å². The van der Waals surface area contributed by atoms with Crippen LogP contribution in [0.15, 0.2) is 6.20 Å². The normalized spacial score (nSPS) is 17.5. The predicted molar refractivity (Wildman–Crippen MR) is 61.7 cm³/mol. The topological polar surface area (TPSA) is 29.9 Å². The number of hydrogen-bond acceptors (Lipinski definition) is 2. The van der Waals surface area contributed by atoms with Crippen molar-refractivity contribution < 1.29 is 0 Å². The number of nitrogens with one attached hydrogen (secondary N) is 1. The Hall–Kier alpha value is -0.830. The monoisotopic (exact) mass is 207 g/mol. The van der Waals surface area contributed by atoms with E-state index in [9.17, 15) is 0 Å². The first-order valence-corrected chi connectivity index (χ1v) is 6.04. The summed E-state index contributed by atoms with van der Waals surface area (Å²) in [7, 11) is 2.00. The molecule has 1 aromatic heterocycles. The van der Waals surface area contributed by atoms with Crippen molar-refractivity contribution in [2.24, 2.45) is 7.05 Å². The average Bonchev–Trinajstić information content (AvgIpc) is 2.83. The Balaban J connectivity index is 1.91. The number of nitrogens with zero attached hydrogens (tertiary/aromatic N) is 2. The van der Waals surface area contributed by atoms with Gasteiger partial charge in [-0.05, 0) is 19.3 Å². The van der Waals surface area contributed by atoms with Crippen LogP contribution < -0.4 is 5.32 Å². The van der Waals surface area contributed by atoms with E-state index in [2.05, 4.69) is 23.5 Å². The van der Waals surface area contributed by atoms with Gasteiger partial charge < -0.3 is 5.32 Å². The van der Waals surface area contributed by atoms with Gasteiger partial charge in [0.25, 0.3) is 0 Å². The second-order valence-electron chi connectivity index (χ2n) is 4.49. The molecule has 3 nitrogen and oxygen atoms in total. The lowest BCUT2D eigenvalue weighted by Gasteiger charge is -2.10. The molecule has 1 saturated carbocycles. The molecule has 0 radical (unpaired) electrons. The van der Waals surface area contributed by atoms with Crippen LogP contribution in [-0.2, 0) is 20.0 Å². The van der Waals surface area contributed by atoms with Crippen molar-refractivity contribution in [1.29, 1.82) is 0 Å². The van der Waals surface area contributed by atoms with Gasteiger partial charge in [0.1, 0.15) is 0 Å². The van der Waals surface area contributed by atoms with Crippen molar-refractivity contribution in [3.05, 3.63) is 17.5 Å². The van der Waals surface area contributed by atoms with Crippen LogP contribution in [0.25, 0.3) is 0 Å². The SMILES string of the molecule is CCc1nn(C)cc1CNC1CCCC1. The first kappa shape index (κ1) is 10.7. The molecule has 2 rings (SSSR count). The summed E-state index contributed by atoms with van der Waals surface area (Å²) in [6.07, 6.45) is 8.66. The van der Waals surface area contributed by atoms with Crippen molar-refractivity contribution in [3.63, 3.8) is 0 Å². The van der Waals surface area contributed by atoms with Gasteiger partial charge in [-0.2, -0.15) is 5.10 Å². The number of aromatic nitrogens is 2. The van der Waals surface area contributed by atoms with Gasteiger partial charge in [0, 0.05) is 31.4 Å². The van der Waals surface area contributed by atoms with Gasteiger partial charge in [0.05, 0.1) is 5.69 Å². The summed E-state index contributed by atoms with van der Waals surface area (Å²) in [6, 6.07) is 0.745. The van der Waals surface area contributed by atoms with Crippen molar-refractivity contribution in [2.75, 3.05) is 0 Å². The molecule has 0 amide bonds. The van der Waals surface area contributed by atoms with E-state index < -0.39 is 0 Å². The number of aryl methyl sites for hydroxylation is 2. The molecule has 0 aromatic carbocycles. The fraction of sp³-hybridized carbons (Fsp3) is 0.750. The highest BCUT2D eigenvalue weighted by Gasteiger charge is 2.15. The molecule has 1 aromatic rings. The molecule has 0 bridgehead atoms. The third-order valence-corrected chi connectivity index (χ3v) is 3.26. The summed E-state index contributed by atoms with van der Waals surface area (Å²) in [5.41, 5.74) is 2.61. The van der Waals surface area contributed by atoms with Gasteiger partial charge in [-0.25, -0.2) is 0 Å². The zero-order valence-corrected chi connectivity index (χ0v) is 9.79. The van der Waals surface area contributed by atoms with Crippen LogP contribution in [-0.4, -0.2) is 15.8 Å². The van der Waals surface area contributed by atoms with Gasteiger partial charge >= 0.3 is 0 Å². The zero-order chi connectivity index (χ0) is 10.7. The van der Waals surface area contributed by atoms with E-state index >= 15 is 0 Å². The van der Waals surface area contributed by atoms with E-state index in [1.807, 2.05) is 11.7 Å². The van der Waals surface area contributed by atoms with Gasteiger partial charge in [0.15, 0.2) is 0 Å². The quantitative estimate of drug-likeness (QED) is 0.818. The Bertz CT molecular complexity index is 311. The molecule has 3 heteroatoms. The largest absolute Gasteiger partial charge is 0.310 e. The highest BCUT2D eigenvalue weighted by atomic mass is 15.3. The Morgan fingerprint density at radius 1 is 1.47 bits per heavy atom. The number of rotatable bonds is 4. The summed E-state index contributed by atoms with van der Waals surface area (Å²) in [5.74, 6) is 0. The lowest BCUT2D eigenvalue weighted by Crippen LogP contribution is -2.25. The third-order valence-electron chi connectivity index (χ3n) is 3.26. The first-order chi connectivity index (χ1) is 7.29. The molecule has 0 unspecified atom stereocenters. The van der Waals surface area contributed by atoms with Gasteiger partial charge in [-0.1, -0.05) is 19.8 Å². The Morgan fingerprint density at radius 3 is 2.87 bits per heavy atom. The molecule has 1 aliphatic carbocycles. The summed E-state index contributed by atoms with van der Waals surface area (Å²) < 4.78 is 1.92. The predicted octanol–water partition coefficient (Wildman–Crippen LogP) is 2.01. The highest BCUT2D eigenvalue weighted by Crippen LogP contribution is 2.18. The van der Waals surface area contributed by atoms with E-state index in [-0.39, 0.29) is 0 Å². The maximum Gasteiger partial charge on any atom is 0.0666 e. The molecular formula is C12H21N3. The zero-order valence-electron chi connectivity index (χ0n) is 9.79. The lowest BCUT2D eigenvalue weighted by molar-refractivity contribution is 0.523. The fourth-order valence-electron chi connectivity index (χ4n) is 2.41. The molecule has 0 spiro atoms. The molecule has 1 N–H and O–H groups in total. The summed E-state index contributed by atoms with van der Waals surface area (Å²) in [5, 5.41) is 8.08. The molecule has 0 aliphatic heterocycles. The number of hydrogen-bond donors (Lipinski definition) is 1. The Labute approximate surface area is 91.9 Å². The van der Waals surface area contributed by atoms with Gasteiger partial charge in [-0.15, -0.1) is 0 Å². The van der Waals surface area contributed by atoms with E-state index in [0.717, 1.165) is 19.0 Å². The molecule has 15 heavy (non-hydrogen) atoms. The maximum atomic E-state index is 4.45. The minimum absolute atomic E-state index is 0.745. The van der Waals surface area contributed by atoms with E-state index in [1.165, 1.54) is 36.9 Å². The van der Waals surface area contributed by atoms with Gasteiger partial charge in [0.2, 0.25) is 0 Å². The highest BCUT2D eigenvalue weighted by molar-refractivity contribution is 5.16.